The molecule has 5 rings (SSSR count). The Hall–Kier alpha value is -3.12. The molecule has 1 aliphatic rings. The highest BCUT2D eigenvalue weighted by atomic mass is 16.4. The standard InChI is InChI=1S/C22H22N4O2/c1-15-20-12-17(14-26(20)10-7-24-15)19-11-16-3-4-18(13-21(16)28-22(19)27)25-8-2-5-23-6-9-25/h3-4,7,10-14,23H,2,5-6,8-9H2,1H3. The fraction of sp³-hybridized carbons (Fsp3) is 0.273. The molecule has 0 radical (unpaired) electrons. The van der Waals surface area contributed by atoms with Gasteiger partial charge in [-0.3, -0.25) is 4.98 Å². The van der Waals surface area contributed by atoms with Crippen LogP contribution >= 0.6 is 0 Å². The molecule has 3 aromatic heterocycles. The van der Waals surface area contributed by atoms with Crippen molar-refractivity contribution in [3.63, 3.8) is 0 Å². The fourth-order valence-electron chi connectivity index (χ4n) is 3.93. The number of aryl methyl sites for hydroxylation is 1. The van der Waals surface area contributed by atoms with Crippen molar-refractivity contribution in [3.8, 4) is 11.1 Å². The summed E-state index contributed by atoms with van der Waals surface area (Å²) in [6.45, 7) is 5.94. The predicted octanol–water partition coefficient (Wildman–Crippen LogP) is 3.22. The molecule has 1 aromatic carbocycles. The minimum absolute atomic E-state index is 0.316. The lowest BCUT2D eigenvalue weighted by Gasteiger charge is -2.22. The molecule has 142 valence electrons. The number of aromatic nitrogens is 2. The van der Waals surface area contributed by atoms with E-state index in [0.717, 1.165) is 60.4 Å². The van der Waals surface area contributed by atoms with Crippen LogP contribution in [0.25, 0.3) is 27.6 Å². The number of nitrogens with zero attached hydrogens (tertiary/aromatic N) is 3. The van der Waals surface area contributed by atoms with E-state index in [-0.39, 0.29) is 5.63 Å². The summed E-state index contributed by atoms with van der Waals surface area (Å²) in [4.78, 5) is 19.4. The zero-order valence-corrected chi connectivity index (χ0v) is 15.8. The van der Waals surface area contributed by atoms with Crippen molar-refractivity contribution in [1.29, 1.82) is 0 Å². The Morgan fingerprint density at radius 3 is 2.96 bits per heavy atom. The van der Waals surface area contributed by atoms with Gasteiger partial charge in [0.2, 0.25) is 0 Å². The summed E-state index contributed by atoms with van der Waals surface area (Å²) in [7, 11) is 0. The van der Waals surface area contributed by atoms with E-state index in [2.05, 4.69) is 21.3 Å². The van der Waals surface area contributed by atoms with E-state index in [1.807, 2.05) is 48.0 Å². The Morgan fingerprint density at radius 1 is 1.14 bits per heavy atom. The van der Waals surface area contributed by atoms with Gasteiger partial charge in [-0.1, -0.05) is 0 Å². The summed E-state index contributed by atoms with van der Waals surface area (Å²) >= 11 is 0. The maximum atomic E-state index is 12.7. The quantitative estimate of drug-likeness (QED) is 0.546. The van der Waals surface area contributed by atoms with Crippen molar-refractivity contribution in [1.82, 2.24) is 14.7 Å². The second-order valence-electron chi connectivity index (χ2n) is 7.29. The molecular formula is C22H22N4O2. The number of hydrogen-bond acceptors (Lipinski definition) is 5. The molecule has 0 atom stereocenters. The predicted molar refractivity (Wildman–Crippen MR) is 111 cm³/mol. The monoisotopic (exact) mass is 374 g/mol. The third kappa shape index (κ3) is 2.96. The summed E-state index contributed by atoms with van der Waals surface area (Å²) in [5.74, 6) is 0. The largest absolute Gasteiger partial charge is 0.422 e. The van der Waals surface area contributed by atoms with E-state index in [1.165, 1.54) is 0 Å². The molecule has 4 aromatic rings. The van der Waals surface area contributed by atoms with E-state index in [0.29, 0.717) is 11.1 Å². The van der Waals surface area contributed by atoms with Crippen LogP contribution in [0.4, 0.5) is 5.69 Å². The van der Waals surface area contributed by atoms with Gasteiger partial charge in [0.25, 0.3) is 0 Å². The molecule has 0 amide bonds. The van der Waals surface area contributed by atoms with E-state index >= 15 is 0 Å². The van der Waals surface area contributed by atoms with E-state index in [4.69, 9.17) is 4.42 Å². The fourth-order valence-corrected chi connectivity index (χ4v) is 3.93. The molecule has 0 saturated carbocycles. The number of benzene rings is 1. The first kappa shape index (κ1) is 17.0. The Labute approximate surface area is 162 Å². The molecule has 6 heteroatoms. The zero-order valence-electron chi connectivity index (χ0n) is 15.8. The molecule has 6 nitrogen and oxygen atoms in total. The summed E-state index contributed by atoms with van der Waals surface area (Å²) in [6, 6.07) is 10.0. The first-order chi connectivity index (χ1) is 13.7. The number of anilines is 1. The maximum absolute atomic E-state index is 12.7. The molecule has 0 aliphatic carbocycles. The molecule has 1 aliphatic heterocycles. The van der Waals surface area contributed by atoms with Crippen LogP contribution in [0.15, 0.2) is 58.1 Å². The smallest absolute Gasteiger partial charge is 0.344 e. The number of fused-ring (bicyclic) bond motifs is 2. The van der Waals surface area contributed by atoms with Crippen LogP contribution in [-0.2, 0) is 0 Å². The third-order valence-electron chi connectivity index (χ3n) is 5.45. The van der Waals surface area contributed by atoms with Gasteiger partial charge >= 0.3 is 5.63 Å². The van der Waals surface area contributed by atoms with Crippen LogP contribution in [-0.4, -0.2) is 35.6 Å². The second-order valence-corrected chi connectivity index (χ2v) is 7.29. The lowest BCUT2D eigenvalue weighted by Crippen LogP contribution is -2.27. The molecule has 1 fully saturated rings. The topological polar surface area (TPSA) is 62.8 Å². The van der Waals surface area contributed by atoms with Crippen LogP contribution in [0.2, 0.25) is 0 Å². The average Bonchev–Trinajstić information content (AvgIpc) is 2.95. The van der Waals surface area contributed by atoms with Crippen molar-refractivity contribution in [2.24, 2.45) is 0 Å². The summed E-state index contributed by atoms with van der Waals surface area (Å²) in [5, 5.41) is 4.34. The number of nitrogens with one attached hydrogen (secondary N) is 1. The minimum Gasteiger partial charge on any atom is -0.422 e. The van der Waals surface area contributed by atoms with Gasteiger partial charge in [0, 0.05) is 60.9 Å². The van der Waals surface area contributed by atoms with Crippen molar-refractivity contribution >= 4 is 22.2 Å². The average molecular weight is 374 g/mol. The Kier molecular flexibility index (Phi) is 4.13. The van der Waals surface area contributed by atoms with Gasteiger partial charge in [0.15, 0.2) is 0 Å². The molecule has 1 saturated heterocycles. The maximum Gasteiger partial charge on any atom is 0.344 e. The first-order valence-corrected chi connectivity index (χ1v) is 9.66. The second kappa shape index (κ2) is 6.80. The molecule has 4 heterocycles. The Bertz CT molecular complexity index is 1220. The van der Waals surface area contributed by atoms with Crippen LogP contribution < -0.4 is 15.8 Å². The molecule has 1 N–H and O–H groups in total. The summed E-state index contributed by atoms with van der Waals surface area (Å²) < 4.78 is 7.70. The van der Waals surface area contributed by atoms with Crippen LogP contribution in [0, 0.1) is 6.92 Å². The Balaban J connectivity index is 1.57. The van der Waals surface area contributed by atoms with Crippen molar-refractivity contribution in [2.75, 3.05) is 31.1 Å². The van der Waals surface area contributed by atoms with Crippen molar-refractivity contribution in [2.45, 2.75) is 13.3 Å². The zero-order chi connectivity index (χ0) is 19.1. The third-order valence-corrected chi connectivity index (χ3v) is 5.45. The van der Waals surface area contributed by atoms with E-state index in [1.54, 1.807) is 6.20 Å². The molecule has 28 heavy (non-hydrogen) atoms. The van der Waals surface area contributed by atoms with Gasteiger partial charge in [-0.25, -0.2) is 4.79 Å². The number of rotatable bonds is 2. The molecule has 0 unspecified atom stereocenters. The molecule has 0 spiro atoms. The lowest BCUT2D eigenvalue weighted by atomic mass is 10.1. The molecular weight excluding hydrogens is 352 g/mol. The highest BCUT2D eigenvalue weighted by molar-refractivity contribution is 5.85. The highest BCUT2D eigenvalue weighted by Gasteiger charge is 2.14. The first-order valence-electron chi connectivity index (χ1n) is 9.66. The van der Waals surface area contributed by atoms with Gasteiger partial charge < -0.3 is 19.0 Å². The summed E-state index contributed by atoms with van der Waals surface area (Å²) in [5.41, 5.74) is 4.74. The highest BCUT2D eigenvalue weighted by Crippen LogP contribution is 2.27. The van der Waals surface area contributed by atoms with Gasteiger partial charge in [0.1, 0.15) is 5.58 Å². The molecule has 0 bridgehead atoms. The van der Waals surface area contributed by atoms with E-state index in [9.17, 15) is 4.79 Å². The van der Waals surface area contributed by atoms with Gasteiger partial charge in [-0.2, -0.15) is 0 Å². The Morgan fingerprint density at radius 2 is 2.07 bits per heavy atom. The van der Waals surface area contributed by atoms with Crippen molar-refractivity contribution < 1.29 is 4.42 Å². The van der Waals surface area contributed by atoms with Gasteiger partial charge in [-0.05, 0) is 44.2 Å². The van der Waals surface area contributed by atoms with E-state index < -0.39 is 0 Å². The SMILES string of the molecule is Cc1nccn2cc(-c3cc4ccc(N5CCCNCC5)cc4oc3=O)cc12. The van der Waals surface area contributed by atoms with Gasteiger partial charge in [0.05, 0.1) is 16.8 Å². The number of hydrogen-bond donors (Lipinski definition) is 1. The van der Waals surface area contributed by atoms with Crippen LogP contribution in [0.5, 0.6) is 0 Å². The lowest BCUT2D eigenvalue weighted by molar-refractivity contribution is 0.563. The van der Waals surface area contributed by atoms with Crippen LogP contribution in [0.3, 0.4) is 0 Å². The van der Waals surface area contributed by atoms with Crippen molar-refractivity contribution in [3.05, 3.63) is 65.0 Å². The normalized spacial score (nSPS) is 15.2. The summed E-state index contributed by atoms with van der Waals surface area (Å²) in [6.07, 6.45) is 6.70. The minimum atomic E-state index is -0.316. The van der Waals surface area contributed by atoms with Gasteiger partial charge in [-0.15, -0.1) is 0 Å². The van der Waals surface area contributed by atoms with Crippen LogP contribution in [0.1, 0.15) is 12.1 Å².